The number of esters is 1. The molecule has 0 spiro atoms. The van der Waals surface area contributed by atoms with Crippen molar-refractivity contribution < 1.29 is 14.5 Å². The molecule has 18 heavy (non-hydrogen) atoms. The average molecular weight is 246 g/mol. The van der Waals surface area contributed by atoms with Gasteiger partial charge in [0.05, 0.1) is 29.5 Å². The monoisotopic (exact) mass is 246 g/mol. The highest BCUT2D eigenvalue weighted by Crippen LogP contribution is 2.26. The van der Waals surface area contributed by atoms with Crippen LogP contribution in [0.1, 0.15) is 5.56 Å². The number of fused-ring (bicyclic) bond motifs is 1. The van der Waals surface area contributed by atoms with Gasteiger partial charge in [0.15, 0.2) is 0 Å². The molecule has 6 heteroatoms. The summed E-state index contributed by atoms with van der Waals surface area (Å²) in [5, 5.41) is 11.5. The molecular weight excluding hydrogens is 236 g/mol. The minimum Gasteiger partial charge on any atom is -0.469 e. The van der Waals surface area contributed by atoms with Gasteiger partial charge in [-0.1, -0.05) is 18.2 Å². The minimum absolute atomic E-state index is 0.143. The van der Waals surface area contributed by atoms with Gasteiger partial charge < -0.3 is 4.74 Å². The van der Waals surface area contributed by atoms with E-state index in [4.69, 9.17) is 0 Å². The number of carbonyl (C=O) groups is 1. The molecule has 0 aliphatic carbocycles. The van der Waals surface area contributed by atoms with Gasteiger partial charge in [-0.2, -0.15) is 0 Å². The van der Waals surface area contributed by atoms with E-state index in [2.05, 4.69) is 9.72 Å². The average Bonchev–Trinajstić information content (AvgIpc) is 2.38. The first-order valence-corrected chi connectivity index (χ1v) is 5.21. The van der Waals surface area contributed by atoms with Gasteiger partial charge >= 0.3 is 5.97 Å². The number of para-hydroxylation sites is 1. The van der Waals surface area contributed by atoms with Crippen LogP contribution in [0.5, 0.6) is 0 Å². The van der Waals surface area contributed by atoms with Gasteiger partial charge in [-0.25, -0.2) is 4.98 Å². The van der Waals surface area contributed by atoms with Crippen molar-refractivity contribution in [2.75, 3.05) is 7.11 Å². The number of pyridine rings is 1. The summed E-state index contributed by atoms with van der Waals surface area (Å²) in [6.07, 6.45) is 1.02. The molecule has 0 N–H and O–H groups in total. The quantitative estimate of drug-likeness (QED) is 0.469. The van der Waals surface area contributed by atoms with Crippen molar-refractivity contribution in [1.29, 1.82) is 0 Å². The number of carbonyl (C=O) groups excluding carboxylic acids is 1. The Morgan fingerprint density at radius 1 is 1.44 bits per heavy atom. The van der Waals surface area contributed by atoms with E-state index in [-0.39, 0.29) is 12.1 Å². The van der Waals surface area contributed by atoms with Gasteiger partial charge in [0, 0.05) is 5.39 Å². The summed E-state index contributed by atoms with van der Waals surface area (Å²) in [5.41, 5.74) is 0.776. The SMILES string of the molecule is COC(=O)Cc1c([N+](=O)[O-])cnc2ccccc12. The van der Waals surface area contributed by atoms with Gasteiger partial charge in [0.1, 0.15) is 6.20 Å². The van der Waals surface area contributed by atoms with Crippen LogP contribution in [-0.2, 0) is 16.0 Å². The molecule has 0 fully saturated rings. The number of hydrogen-bond acceptors (Lipinski definition) is 5. The molecule has 1 aromatic heterocycles. The van der Waals surface area contributed by atoms with Crippen LogP contribution in [0.3, 0.4) is 0 Å². The van der Waals surface area contributed by atoms with Gasteiger partial charge in [0.2, 0.25) is 0 Å². The van der Waals surface area contributed by atoms with Crippen LogP contribution in [0.4, 0.5) is 5.69 Å². The number of nitrogens with zero attached hydrogens (tertiary/aromatic N) is 2. The minimum atomic E-state index is -0.544. The van der Waals surface area contributed by atoms with Gasteiger partial charge in [-0.3, -0.25) is 14.9 Å². The molecule has 0 aliphatic heterocycles. The Morgan fingerprint density at radius 3 is 2.83 bits per heavy atom. The van der Waals surface area contributed by atoms with Crippen molar-refractivity contribution in [2.24, 2.45) is 0 Å². The Labute approximate surface area is 102 Å². The molecule has 0 aliphatic rings. The summed E-state index contributed by atoms with van der Waals surface area (Å²) in [6.45, 7) is 0. The molecule has 2 rings (SSSR count). The highest BCUT2D eigenvalue weighted by atomic mass is 16.6. The predicted octanol–water partition coefficient (Wildman–Crippen LogP) is 1.86. The summed E-state index contributed by atoms with van der Waals surface area (Å²) in [5.74, 6) is -0.519. The second-order valence-corrected chi connectivity index (χ2v) is 3.65. The van der Waals surface area contributed by atoms with E-state index >= 15 is 0 Å². The van der Waals surface area contributed by atoms with E-state index in [1.54, 1.807) is 24.3 Å². The summed E-state index contributed by atoms with van der Waals surface area (Å²) in [6, 6.07) is 6.96. The van der Waals surface area contributed by atoms with E-state index in [0.29, 0.717) is 16.5 Å². The summed E-state index contributed by atoms with van der Waals surface area (Å²) in [4.78, 5) is 25.7. The Kier molecular flexibility index (Phi) is 3.18. The van der Waals surface area contributed by atoms with Crippen LogP contribution in [0.25, 0.3) is 10.9 Å². The second kappa shape index (κ2) is 4.79. The second-order valence-electron chi connectivity index (χ2n) is 3.65. The predicted molar refractivity (Wildman–Crippen MR) is 64.1 cm³/mol. The molecule has 0 saturated heterocycles. The molecule has 0 saturated carbocycles. The molecule has 6 nitrogen and oxygen atoms in total. The summed E-state index contributed by atoms with van der Waals surface area (Å²) < 4.78 is 4.56. The number of hydrogen-bond donors (Lipinski definition) is 0. The molecule has 1 aromatic carbocycles. The fourth-order valence-corrected chi connectivity index (χ4v) is 1.75. The van der Waals surface area contributed by atoms with E-state index < -0.39 is 10.9 Å². The molecule has 0 bridgehead atoms. The zero-order chi connectivity index (χ0) is 13.1. The molecule has 1 heterocycles. The maximum atomic E-state index is 11.3. The molecular formula is C12H10N2O4. The molecule has 0 unspecified atom stereocenters. The fourth-order valence-electron chi connectivity index (χ4n) is 1.75. The molecule has 0 amide bonds. The van der Waals surface area contributed by atoms with Crippen molar-refractivity contribution in [2.45, 2.75) is 6.42 Å². The van der Waals surface area contributed by atoms with Gasteiger partial charge in [0.25, 0.3) is 5.69 Å². The number of benzene rings is 1. The van der Waals surface area contributed by atoms with Crippen LogP contribution >= 0.6 is 0 Å². The van der Waals surface area contributed by atoms with Crippen LogP contribution in [-0.4, -0.2) is 23.0 Å². The zero-order valence-corrected chi connectivity index (χ0v) is 9.62. The Balaban J connectivity index is 2.66. The third-order valence-corrected chi connectivity index (χ3v) is 2.61. The normalized spacial score (nSPS) is 10.3. The fraction of sp³-hybridized carbons (Fsp3) is 0.167. The first kappa shape index (κ1) is 12.0. The first-order chi connectivity index (χ1) is 8.63. The Bertz CT molecular complexity index is 625. The number of ether oxygens (including phenoxy) is 1. The Hall–Kier alpha value is -2.50. The van der Waals surface area contributed by atoms with E-state index in [1.165, 1.54) is 13.3 Å². The number of methoxy groups -OCH3 is 1. The molecule has 2 aromatic rings. The number of nitro groups is 1. The molecule has 0 atom stereocenters. The zero-order valence-electron chi connectivity index (χ0n) is 9.62. The lowest BCUT2D eigenvalue weighted by Crippen LogP contribution is -2.08. The highest BCUT2D eigenvalue weighted by molar-refractivity contribution is 5.89. The Morgan fingerprint density at radius 2 is 2.17 bits per heavy atom. The van der Waals surface area contributed by atoms with E-state index in [9.17, 15) is 14.9 Å². The van der Waals surface area contributed by atoms with Crippen molar-refractivity contribution in [1.82, 2.24) is 4.98 Å². The van der Waals surface area contributed by atoms with Gasteiger partial charge in [-0.05, 0) is 6.07 Å². The highest BCUT2D eigenvalue weighted by Gasteiger charge is 2.20. The standard InChI is InChI=1S/C12H10N2O4/c1-18-12(15)6-9-8-4-2-3-5-10(8)13-7-11(9)14(16)17/h2-5,7H,6H2,1H3. The lowest BCUT2D eigenvalue weighted by molar-refractivity contribution is -0.385. The molecule has 92 valence electrons. The van der Waals surface area contributed by atoms with Crippen LogP contribution in [0, 0.1) is 10.1 Å². The lowest BCUT2D eigenvalue weighted by atomic mass is 10.0. The van der Waals surface area contributed by atoms with Crippen molar-refractivity contribution >= 4 is 22.6 Å². The third kappa shape index (κ3) is 2.13. The largest absolute Gasteiger partial charge is 0.469 e. The van der Waals surface area contributed by atoms with Crippen molar-refractivity contribution in [3.05, 3.63) is 46.1 Å². The smallest absolute Gasteiger partial charge is 0.310 e. The maximum absolute atomic E-state index is 11.3. The third-order valence-electron chi connectivity index (χ3n) is 2.61. The number of rotatable bonds is 3. The summed E-state index contributed by atoms with van der Waals surface area (Å²) in [7, 11) is 1.25. The topological polar surface area (TPSA) is 82.3 Å². The lowest BCUT2D eigenvalue weighted by Gasteiger charge is -2.05. The molecule has 0 radical (unpaired) electrons. The van der Waals surface area contributed by atoms with Crippen LogP contribution in [0.15, 0.2) is 30.5 Å². The van der Waals surface area contributed by atoms with Crippen LogP contribution in [0.2, 0.25) is 0 Å². The first-order valence-electron chi connectivity index (χ1n) is 5.21. The maximum Gasteiger partial charge on any atom is 0.310 e. The van der Waals surface area contributed by atoms with Crippen molar-refractivity contribution in [3.8, 4) is 0 Å². The van der Waals surface area contributed by atoms with E-state index in [0.717, 1.165) is 0 Å². The van der Waals surface area contributed by atoms with E-state index in [1.807, 2.05) is 0 Å². The van der Waals surface area contributed by atoms with Gasteiger partial charge in [-0.15, -0.1) is 0 Å². The van der Waals surface area contributed by atoms with Crippen molar-refractivity contribution in [3.63, 3.8) is 0 Å². The summed E-state index contributed by atoms with van der Waals surface area (Å²) >= 11 is 0. The van der Waals surface area contributed by atoms with Crippen LogP contribution < -0.4 is 0 Å². The number of aromatic nitrogens is 1.